The van der Waals surface area contributed by atoms with Crippen LogP contribution in [0.3, 0.4) is 0 Å². The van der Waals surface area contributed by atoms with Gasteiger partial charge in [-0.2, -0.15) is 0 Å². The van der Waals surface area contributed by atoms with E-state index in [1.54, 1.807) is 6.07 Å². The summed E-state index contributed by atoms with van der Waals surface area (Å²) in [5.74, 6) is 1.08. The lowest BCUT2D eigenvalue weighted by molar-refractivity contribution is -0.124. The fourth-order valence-electron chi connectivity index (χ4n) is 2.92. The summed E-state index contributed by atoms with van der Waals surface area (Å²) < 4.78 is 5.86. The van der Waals surface area contributed by atoms with Crippen LogP contribution in [0.4, 0.5) is 0 Å². The molecule has 1 aliphatic rings. The van der Waals surface area contributed by atoms with E-state index in [9.17, 15) is 4.79 Å². The summed E-state index contributed by atoms with van der Waals surface area (Å²) in [4.78, 5) is 13.7. The average Bonchev–Trinajstić information content (AvgIpc) is 2.58. The molecule has 5 heteroatoms. The minimum atomic E-state index is -0.269. The standard InChI is InChI=1S/C19H20ClN2O2/c20-16-8-1-2-10-18(16)24-15-7-5-6-14(12-15)13-22-11-4-3-9-17(22)19(21)23/h1-3,5-8,10,12,17H,4,9,11,13H2,(H2,21,23). The molecule has 0 aliphatic carbocycles. The normalized spacial score (nSPS) is 18.3. The molecule has 3 rings (SSSR count). The minimum absolute atomic E-state index is 0.230. The van der Waals surface area contributed by atoms with E-state index in [4.69, 9.17) is 22.1 Å². The smallest absolute Gasteiger partial charge is 0.234 e. The van der Waals surface area contributed by atoms with Gasteiger partial charge in [-0.3, -0.25) is 9.69 Å². The van der Waals surface area contributed by atoms with Crippen LogP contribution < -0.4 is 10.5 Å². The molecule has 2 aromatic carbocycles. The Morgan fingerprint density at radius 1 is 1.25 bits per heavy atom. The highest BCUT2D eigenvalue weighted by atomic mass is 35.5. The van der Waals surface area contributed by atoms with Gasteiger partial charge in [0.15, 0.2) is 0 Å². The zero-order chi connectivity index (χ0) is 16.9. The quantitative estimate of drug-likeness (QED) is 0.898. The number of carbonyl (C=O) groups excluding carboxylic acids is 1. The lowest BCUT2D eigenvalue weighted by atomic mass is 10.0. The molecule has 1 amide bonds. The zero-order valence-corrected chi connectivity index (χ0v) is 14.1. The van der Waals surface area contributed by atoms with Crippen LogP contribution in [-0.2, 0) is 11.3 Å². The van der Waals surface area contributed by atoms with E-state index in [2.05, 4.69) is 11.3 Å². The highest BCUT2D eigenvalue weighted by molar-refractivity contribution is 6.32. The monoisotopic (exact) mass is 343 g/mol. The van der Waals surface area contributed by atoms with Crippen molar-refractivity contribution in [2.75, 3.05) is 6.54 Å². The molecule has 1 fully saturated rings. The van der Waals surface area contributed by atoms with Crippen molar-refractivity contribution in [1.29, 1.82) is 0 Å². The number of carbonyl (C=O) groups is 1. The number of halogens is 1. The summed E-state index contributed by atoms with van der Waals surface area (Å²) in [6, 6.07) is 15.0. The molecule has 1 radical (unpaired) electrons. The molecule has 0 aromatic heterocycles. The van der Waals surface area contributed by atoms with Gasteiger partial charge >= 0.3 is 0 Å². The Morgan fingerprint density at radius 3 is 2.88 bits per heavy atom. The lowest BCUT2D eigenvalue weighted by Crippen LogP contribution is -2.47. The second-order valence-electron chi connectivity index (χ2n) is 5.88. The number of piperidine rings is 1. The van der Waals surface area contributed by atoms with Crippen LogP contribution in [0, 0.1) is 6.42 Å². The van der Waals surface area contributed by atoms with Gasteiger partial charge in [-0.15, -0.1) is 0 Å². The topological polar surface area (TPSA) is 55.6 Å². The molecule has 0 spiro atoms. The number of nitrogens with zero attached hydrogens (tertiary/aromatic N) is 1. The highest BCUT2D eigenvalue weighted by Gasteiger charge is 2.26. The Morgan fingerprint density at radius 2 is 2.08 bits per heavy atom. The van der Waals surface area contributed by atoms with Crippen LogP contribution >= 0.6 is 11.6 Å². The van der Waals surface area contributed by atoms with Crippen LogP contribution in [-0.4, -0.2) is 23.4 Å². The van der Waals surface area contributed by atoms with Crippen molar-refractivity contribution in [2.45, 2.75) is 25.4 Å². The molecular weight excluding hydrogens is 324 g/mol. The fourth-order valence-corrected chi connectivity index (χ4v) is 3.09. The SMILES string of the molecule is NC(=O)C1C[CH]CCN1Cc1cccc(Oc2ccccc2Cl)c1. The van der Waals surface area contributed by atoms with Crippen LogP contribution in [0.25, 0.3) is 0 Å². The molecule has 1 saturated heterocycles. The first kappa shape index (κ1) is 16.8. The van der Waals surface area contributed by atoms with Gasteiger partial charge < -0.3 is 10.5 Å². The van der Waals surface area contributed by atoms with Crippen molar-refractivity contribution < 1.29 is 9.53 Å². The van der Waals surface area contributed by atoms with E-state index in [0.717, 1.165) is 24.3 Å². The molecule has 2 aromatic rings. The number of likely N-dealkylation sites (tertiary alicyclic amines) is 1. The van der Waals surface area contributed by atoms with Crippen LogP contribution in [0.15, 0.2) is 48.5 Å². The van der Waals surface area contributed by atoms with Gasteiger partial charge in [-0.1, -0.05) is 35.9 Å². The average molecular weight is 344 g/mol. The number of benzene rings is 2. The molecule has 2 N–H and O–H groups in total. The molecular formula is C19H20ClN2O2. The maximum Gasteiger partial charge on any atom is 0.234 e. The molecule has 1 heterocycles. The number of ether oxygens (including phenoxy) is 1. The number of amides is 1. The van der Waals surface area contributed by atoms with Crippen molar-refractivity contribution in [3.8, 4) is 11.5 Å². The van der Waals surface area contributed by atoms with Crippen molar-refractivity contribution in [2.24, 2.45) is 5.73 Å². The van der Waals surface area contributed by atoms with E-state index in [1.165, 1.54) is 0 Å². The summed E-state index contributed by atoms with van der Waals surface area (Å²) in [7, 11) is 0. The second kappa shape index (κ2) is 7.69. The first-order valence-electron chi connectivity index (χ1n) is 8.00. The molecule has 0 saturated carbocycles. The summed E-state index contributed by atoms with van der Waals surface area (Å²) in [6.45, 7) is 1.50. The van der Waals surface area contributed by atoms with Gasteiger partial charge in [0.1, 0.15) is 11.5 Å². The van der Waals surface area contributed by atoms with Gasteiger partial charge in [-0.25, -0.2) is 0 Å². The third kappa shape index (κ3) is 4.08. The first-order chi connectivity index (χ1) is 11.6. The zero-order valence-electron chi connectivity index (χ0n) is 13.3. The number of hydrogen-bond acceptors (Lipinski definition) is 3. The number of rotatable bonds is 5. The maximum absolute atomic E-state index is 11.6. The maximum atomic E-state index is 11.6. The van der Waals surface area contributed by atoms with E-state index in [1.807, 2.05) is 42.5 Å². The van der Waals surface area contributed by atoms with Crippen LogP contribution in [0.1, 0.15) is 18.4 Å². The number of nitrogens with two attached hydrogens (primary N) is 1. The van der Waals surface area contributed by atoms with Crippen molar-refractivity contribution in [3.05, 3.63) is 65.5 Å². The predicted molar refractivity (Wildman–Crippen MR) is 94.9 cm³/mol. The number of hydrogen-bond donors (Lipinski definition) is 1. The fraction of sp³-hybridized carbons (Fsp3) is 0.263. The largest absolute Gasteiger partial charge is 0.456 e. The summed E-state index contributed by atoms with van der Waals surface area (Å²) in [5, 5.41) is 0.572. The van der Waals surface area contributed by atoms with Crippen molar-refractivity contribution in [1.82, 2.24) is 4.90 Å². The molecule has 1 aliphatic heterocycles. The van der Waals surface area contributed by atoms with Crippen molar-refractivity contribution >= 4 is 17.5 Å². The van der Waals surface area contributed by atoms with Crippen LogP contribution in [0.5, 0.6) is 11.5 Å². The van der Waals surface area contributed by atoms with Gasteiger partial charge in [0, 0.05) is 6.54 Å². The summed E-state index contributed by atoms with van der Waals surface area (Å²) in [5.41, 5.74) is 6.60. The Bertz CT molecular complexity index is 720. The van der Waals surface area contributed by atoms with Gasteiger partial charge in [0.25, 0.3) is 0 Å². The van der Waals surface area contributed by atoms with E-state index < -0.39 is 0 Å². The third-order valence-corrected chi connectivity index (χ3v) is 4.44. The molecule has 4 nitrogen and oxygen atoms in total. The van der Waals surface area contributed by atoms with Crippen LogP contribution in [0.2, 0.25) is 5.02 Å². The molecule has 0 bridgehead atoms. The van der Waals surface area contributed by atoms with Gasteiger partial charge in [0.05, 0.1) is 11.1 Å². The van der Waals surface area contributed by atoms with E-state index in [-0.39, 0.29) is 11.9 Å². The van der Waals surface area contributed by atoms with Gasteiger partial charge in [0.2, 0.25) is 5.91 Å². The number of para-hydroxylation sites is 1. The number of primary amides is 1. The Balaban J connectivity index is 1.73. The van der Waals surface area contributed by atoms with E-state index >= 15 is 0 Å². The Hall–Kier alpha value is -2.04. The minimum Gasteiger partial charge on any atom is -0.456 e. The van der Waals surface area contributed by atoms with Crippen molar-refractivity contribution in [3.63, 3.8) is 0 Å². The van der Waals surface area contributed by atoms with Gasteiger partial charge in [-0.05, 0) is 55.6 Å². The lowest BCUT2D eigenvalue weighted by Gasteiger charge is -2.33. The summed E-state index contributed by atoms with van der Waals surface area (Å²) in [6.07, 6.45) is 3.81. The predicted octanol–water partition coefficient (Wildman–Crippen LogP) is 3.79. The first-order valence-corrected chi connectivity index (χ1v) is 8.37. The van der Waals surface area contributed by atoms with E-state index in [0.29, 0.717) is 23.7 Å². The summed E-state index contributed by atoms with van der Waals surface area (Å²) >= 11 is 6.14. The third-order valence-electron chi connectivity index (χ3n) is 4.13. The highest BCUT2D eigenvalue weighted by Crippen LogP contribution is 2.29. The Kier molecular flexibility index (Phi) is 5.38. The molecule has 1 atom stereocenters. The second-order valence-corrected chi connectivity index (χ2v) is 6.29. The molecule has 125 valence electrons. The Labute approximate surface area is 147 Å². The molecule has 1 unspecified atom stereocenters. The molecule has 24 heavy (non-hydrogen) atoms.